The number of carbonyl (C=O) groups excluding carboxylic acids is 1. The standard InChI is InChI=1S/C18H23ClN4O4S2/c1-10(2)17-21-22-18(28-17)20-16(24)13-5-6-14(19)15(7-13)29(25,26)23-8-11(3)27-12(4)9-23/h5-7,10-12H,8-9H2,1-4H3,(H,20,22,24)/t11-,12+. The van der Waals surface area contributed by atoms with E-state index in [2.05, 4.69) is 15.5 Å². The molecule has 2 atom stereocenters. The minimum atomic E-state index is -3.88. The Hall–Kier alpha value is -1.59. The van der Waals surface area contributed by atoms with Crippen LogP contribution >= 0.6 is 22.9 Å². The number of rotatable bonds is 5. The predicted octanol–water partition coefficient (Wildman–Crippen LogP) is 3.37. The van der Waals surface area contributed by atoms with Gasteiger partial charge in [-0.1, -0.05) is 36.8 Å². The third kappa shape index (κ3) is 4.95. The van der Waals surface area contributed by atoms with Gasteiger partial charge in [0.15, 0.2) is 0 Å². The van der Waals surface area contributed by atoms with Crippen LogP contribution in [0, 0.1) is 0 Å². The number of morpholine rings is 1. The first kappa shape index (κ1) is 22.1. The monoisotopic (exact) mass is 458 g/mol. The SMILES string of the molecule is CC(C)c1nnc(NC(=O)c2ccc(Cl)c(S(=O)(=O)N3C[C@@H](C)O[C@@H](C)C3)c2)s1. The van der Waals surface area contributed by atoms with Gasteiger partial charge in [-0.25, -0.2) is 8.42 Å². The summed E-state index contributed by atoms with van der Waals surface area (Å²) in [6, 6.07) is 4.18. The molecule has 0 radical (unpaired) electrons. The number of sulfonamides is 1. The number of benzene rings is 1. The van der Waals surface area contributed by atoms with E-state index in [-0.39, 0.29) is 46.7 Å². The molecule has 0 spiro atoms. The minimum Gasteiger partial charge on any atom is -0.373 e. The number of carbonyl (C=O) groups is 1. The number of nitrogens with zero attached hydrogens (tertiary/aromatic N) is 3. The van der Waals surface area contributed by atoms with E-state index < -0.39 is 15.9 Å². The zero-order chi connectivity index (χ0) is 21.3. The van der Waals surface area contributed by atoms with E-state index >= 15 is 0 Å². The van der Waals surface area contributed by atoms with E-state index in [1.807, 2.05) is 27.7 Å². The first-order valence-electron chi connectivity index (χ1n) is 9.18. The molecule has 1 aromatic heterocycles. The normalized spacial score (nSPS) is 20.8. The first-order valence-corrected chi connectivity index (χ1v) is 11.8. The van der Waals surface area contributed by atoms with Crippen LogP contribution in [0.4, 0.5) is 5.13 Å². The molecule has 0 saturated carbocycles. The van der Waals surface area contributed by atoms with E-state index in [1.165, 1.54) is 33.8 Å². The van der Waals surface area contributed by atoms with E-state index in [9.17, 15) is 13.2 Å². The highest BCUT2D eigenvalue weighted by atomic mass is 35.5. The molecule has 11 heteroatoms. The van der Waals surface area contributed by atoms with Gasteiger partial charge in [-0.15, -0.1) is 10.2 Å². The summed E-state index contributed by atoms with van der Waals surface area (Å²) in [5.74, 6) is -0.281. The number of aromatic nitrogens is 2. The summed E-state index contributed by atoms with van der Waals surface area (Å²) in [4.78, 5) is 12.5. The maximum atomic E-state index is 13.1. The van der Waals surface area contributed by atoms with E-state index in [0.717, 1.165) is 5.01 Å². The molecule has 0 unspecified atom stereocenters. The summed E-state index contributed by atoms with van der Waals surface area (Å²) in [6.45, 7) is 8.05. The van der Waals surface area contributed by atoms with Crippen molar-refractivity contribution < 1.29 is 17.9 Å². The molecule has 1 amide bonds. The van der Waals surface area contributed by atoms with Crippen molar-refractivity contribution in [2.24, 2.45) is 0 Å². The third-order valence-electron chi connectivity index (χ3n) is 4.35. The van der Waals surface area contributed by atoms with Gasteiger partial charge in [0.05, 0.1) is 17.2 Å². The van der Waals surface area contributed by atoms with Crippen molar-refractivity contribution in [3.8, 4) is 0 Å². The van der Waals surface area contributed by atoms with Crippen LogP contribution in [0.5, 0.6) is 0 Å². The van der Waals surface area contributed by atoms with Gasteiger partial charge in [-0.3, -0.25) is 10.1 Å². The highest BCUT2D eigenvalue weighted by Crippen LogP contribution is 2.29. The lowest BCUT2D eigenvalue weighted by Gasteiger charge is -2.34. The lowest BCUT2D eigenvalue weighted by molar-refractivity contribution is -0.0440. The van der Waals surface area contributed by atoms with Gasteiger partial charge in [0, 0.05) is 24.6 Å². The molecular weight excluding hydrogens is 436 g/mol. The Morgan fingerprint density at radius 1 is 1.28 bits per heavy atom. The molecule has 1 N–H and O–H groups in total. The Kier molecular flexibility index (Phi) is 6.59. The van der Waals surface area contributed by atoms with Crippen molar-refractivity contribution in [3.63, 3.8) is 0 Å². The molecule has 1 fully saturated rings. The molecule has 0 bridgehead atoms. The second-order valence-electron chi connectivity index (χ2n) is 7.28. The van der Waals surface area contributed by atoms with E-state index in [0.29, 0.717) is 5.13 Å². The van der Waals surface area contributed by atoms with Gasteiger partial charge in [-0.05, 0) is 32.0 Å². The predicted molar refractivity (Wildman–Crippen MR) is 112 cm³/mol. The highest BCUT2D eigenvalue weighted by Gasteiger charge is 2.34. The van der Waals surface area contributed by atoms with Crippen molar-refractivity contribution in [1.29, 1.82) is 0 Å². The van der Waals surface area contributed by atoms with Crippen molar-refractivity contribution in [2.45, 2.75) is 50.7 Å². The van der Waals surface area contributed by atoms with Crippen LogP contribution in [-0.2, 0) is 14.8 Å². The zero-order valence-electron chi connectivity index (χ0n) is 16.5. The van der Waals surface area contributed by atoms with Gasteiger partial charge in [0.1, 0.15) is 9.90 Å². The molecular formula is C18H23ClN4O4S2. The Balaban J connectivity index is 1.86. The van der Waals surface area contributed by atoms with Gasteiger partial charge in [-0.2, -0.15) is 4.31 Å². The maximum Gasteiger partial charge on any atom is 0.257 e. The Morgan fingerprint density at radius 2 is 1.93 bits per heavy atom. The summed E-state index contributed by atoms with van der Waals surface area (Å²) < 4.78 is 33.2. The molecule has 1 aliphatic heterocycles. The van der Waals surface area contributed by atoms with Crippen LogP contribution in [0.3, 0.4) is 0 Å². The number of hydrogen-bond acceptors (Lipinski definition) is 7. The molecule has 1 saturated heterocycles. The largest absolute Gasteiger partial charge is 0.373 e. The summed E-state index contributed by atoms with van der Waals surface area (Å²) in [5, 5.41) is 11.9. The van der Waals surface area contributed by atoms with Gasteiger partial charge in [0.2, 0.25) is 15.2 Å². The molecule has 2 aromatic rings. The summed E-state index contributed by atoms with van der Waals surface area (Å²) >= 11 is 7.47. The van der Waals surface area contributed by atoms with Crippen LogP contribution < -0.4 is 5.32 Å². The maximum absolute atomic E-state index is 13.1. The summed E-state index contributed by atoms with van der Waals surface area (Å²) in [6.07, 6.45) is -0.460. The minimum absolute atomic E-state index is 0.0614. The number of hydrogen-bond donors (Lipinski definition) is 1. The second-order valence-corrected chi connectivity index (χ2v) is 10.6. The quantitative estimate of drug-likeness (QED) is 0.737. The zero-order valence-corrected chi connectivity index (χ0v) is 18.9. The lowest BCUT2D eigenvalue weighted by Crippen LogP contribution is -2.48. The molecule has 0 aliphatic carbocycles. The second kappa shape index (κ2) is 8.65. The fourth-order valence-corrected chi connectivity index (χ4v) is 5.83. The Morgan fingerprint density at radius 3 is 2.52 bits per heavy atom. The van der Waals surface area contributed by atoms with Crippen molar-refractivity contribution in [3.05, 3.63) is 33.8 Å². The van der Waals surface area contributed by atoms with Gasteiger partial charge in [0.25, 0.3) is 5.91 Å². The smallest absolute Gasteiger partial charge is 0.257 e. The Labute approximate surface area is 179 Å². The van der Waals surface area contributed by atoms with Crippen LogP contribution in [0.25, 0.3) is 0 Å². The number of amides is 1. The van der Waals surface area contributed by atoms with Crippen molar-refractivity contribution in [2.75, 3.05) is 18.4 Å². The number of nitrogens with one attached hydrogen (secondary N) is 1. The molecule has 29 heavy (non-hydrogen) atoms. The van der Waals surface area contributed by atoms with Crippen molar-refractivity contribution in [1.82, 2.24) is 14.5 Å². The summed E-state index contributed by atoms with van der Waals surface area (Å²) in [7, 11) is -3.88. The molecule has 2 heterocycles. The first-order chi connectivity index (χ1) is 13.6. The fraction of sp³-hybridized carbons (Fsp3) is 0.500. The lowest BCUT2D eigenvalue weighted by atomic mass is 10.2. The van der Waals surface area contributed by atoms with Gasteiger partial charge >= 0.3 is 0 Å². The van der Waals surface area contributed by atoms with Gasteiger partial charge < -0.3 is 4.74 Å². The number of ether oxygens (including phenoxy) is 1. The average Bonchev–Trinajstić information content (AvgIpc) is 3.10. The highest BCUT2D eigenvalue weighted by molar-refractivity contribution is 7.89. The van der Waals surface area contributed by atoms with Crippen molar-refractivity contribution >= 4 is 44.0 Å². The van der Waals surface area contributed by atoms with E-state index in [4.69, 9.17) is 16.3 Å². The molecule has 1 aliphatic rings. The number of anilines is 1. The third-order valence-corrected chi connectivity index (χ3v) is 7.80. The van der Waals surface area contributed by atoms with Crippen LogP contribution in [0.2, 0.25) is 5.02 Å². The molecule has 1 aromatic carbocycles. The van der Waals surface area contributed by atoms with Crippen LogP contribution in [-0.4, -0.2) is 54.1 Å². The van der Waals surface area contributed by atoms with E-state index in [1.54, 1.807) is 0 Å². The average molecular weight is 459 g/mol. The van der Waals surface area contributed by atoms with Crippen LogP contribution in [0.15, 0.2) is 23.1 Å². The molecule has 3 rings (SSSR count). The fourth-order valence-electron chi connectivity index (χ4n) is 3.00. The Bertz CT molecular complexity index is 999. The van der Waals surface area contributed by atoms with Crippen LogP contribution in [0.1, 0.15) is 49.0 Å². The summed E-state index contributed by atoms with van der Waals surface area (Å²) in [5.41, 5.74) is 0.170. The number of halogens is 1. The molecule has 8 nitrogen and oxygen atoms in total. The molecule has 158 valence electrons. The topological polar surface area (TPSA) is 101 Å².